The number of hydrogen-bond donors (Lipinski definition) is 2. The largest absolute Gasteiger partial charge is 0.496 e. The summed E-state index contributed by atoms with van der Waals surface area (Å²) in [5.74, 6) is 6.21. The van der Waals surface area contributed by atoms with Gasteiger partial charge in [-0.05, 0) is 48.7 Å². The highest BCUT2D eigenvalue weighted by Crippen LogP contribution is 2.32. The van der Waals surface area contributed by atoms with Crippen molar-refractivity contribution in [2.24, 2.45) is 5.84 Å². The van der Waals surface area contributed by atoms with Crippen LogP contribution in [0, 0.1) is 19.7 Å². The monoisotopic (exact) mass is 274 g/mol. The van der Waals surface area contributed by atoms with Crippen LogP contribution in [0.15, 0.2) is 36.4 Å². The van der Waals surface area contributed by atoms with Crippen LogP contribution in [0.4, 0.5) is 4.39 Å². The predicted octanol–water partition coefficient (Wildman–Crippen LogP) is 3.00. The van der Waals surface area contributed by atoms with E-state index in [1.165, 1.54) is 12.1 Å². The fourth-order valence-corrected chi connectivity index (χ4v) is 2.37. The number of hydrogen-bond acceptors (Lipinski definition) is 3. The number of methoxy groups -OCH3 is 1. The summed E-state index contributed by atoms with van der Waals surface area (Å²) in [6, 6.07) is 10.4. The molecule has 0 amide bonds. The second kappa shape index (κ2) is 6.03. The van der Waals surface area contributed by atoms with E-state index < -0.39 is 0 Å². The predicted molar refractivity (Wildman–Crippen MR) is 78.0 cm³/mol. The molecule has 0 fully saturated rings. The molecule has 3 N–H and O–H groups in total. The average molecular weight is 274 g/mol. The van der Waals surface area contributed by atoms with Gasteiger partial charge in [-0.25, -0.2) is 9.82 Å². The van der Waals surface area contributed by atoms with Gasteiger partial charge in [0.25, 0.3) is 0 Å². The Balaban J connectivity index is 2.52. The standard InChI is InChI=1S/C16H19FN2O/c1-10-4-6-14(15(8-10)20-3)16(19-18)13-7-5-12(17)9-11(13)2/h4-9,16,19H,18H2,1-3H3. The smallest absolute Gasteiger partial charge is 0.124 e. The number of benzene rings is 2. The SMILES string of the molecule is COc1cc(C)ccc1C(NN)c1ccc(F)cc1C. The normalized spacial score (nSPS) is 12.2. The van der Waals surface area contributed by atoms with E-state index in [2.05, 4.69) is 5.43 Å². The summed E-state index contributed by atoms with van der Waals surface area (Å²) in [5, 5.41) is 0. The van der Waals surface area contributed by atoms with Crippen molar-refractivity contribution in [2.75, 3.05) is 7.11 Å². The van der Waals surface area contributed by atoms with Gasteiger partial charge in [0, 0.05) is 5.56 Å². The summed E-state index contributed by atoms with van der Waals surface area (Å²) in [4.78, 5) is 0. The van der Waals surface area contributed by atoms with Crippen molar-refractivity contribution >= 4 is 0 Å². The van der Waals surface area contributed by atoms with Crippen molar-refractivity contribution in [3.05, 3.63) is 64.5 Å². The first-order valence-electron chi connectivity index (χ1n) is 6.43. The van der Waals surface area contributed by atoms with Gasteiger partial charge in [-0.2, -0.15) is 0 Å². The molecule has 0 aliphatic rings. The van der Waals surface area contributed by atoms with E-state index in [4.69, 9.17) is 10.6 Å². The Morgan fingerprint density at radius 2 is 1.80 bits per heavy atom. The minimum Gasteiger partial charge on any atom is -0.496 e. The first kappa shape index (κ1) is 14.5. The molecule has 0 radical (unpaired) electrons. The van der Waals surface area contributed by atoms with Crippen molar-refractivity contribution in [3.63, 3.8) is 0 Å². The zero-order valence-corrected chi connectivity index (χ0v) is 11.9. The van der Waals surface area contributed by atoms with Crippen molar-refractivity contribution in [3.8, 4) is 5.75 Å². The third kappa shape index (κ3) is 2.81. The Morgan fingerprint density at radius 1 is 1.10 bits per heavy atom. The van der Waals surface area contributed by atoms with Gasteiger partial charge in [0.2, 0.25) is 0 Å². The molecule has 4 heteroatoms. The third-order valence-corrected chi connectivity index (χ3v) is 3.41. The maximum absolute atomic E-state index is 13.2. The molecule has 1 unspecified atom stereocenters. The highest BCUT2D eigenvalue weighted by Gasteiger charge is 2.19. The van der Waals surface area contributed by atoms with Crippen LogP contribution in [0.25, 0.3) is 0 Å². The molecule has 3 nitrogen and oxygen atoms in total. The fourth-order valence-electron chi connectivity index (χ4n) is 2.37. The van der Waals surface area contributed by atoms with Crippen LogP contribution in [-0.2, 0) is 0 Å². The summed E-state index contributed by atoms with van der Waals surface area (Å²) < 4.78 is 18.7. The van der Waals surface area contributed by atoms with Crippen LogP contribution >= 0.6 is 0 Å². The molecular weight excluding hydrogens is 255 g/mol. The van der Waals surface area contributed by atoms with Crippen LogP contribution < -0.4 is 16.0 Å². The topological polar surface area (TPSA) is 47.3 Å². The van der Waals surface area contributed by atoms with Crippen LogP contribution in [0.2, 0.25) is 0 Å². The number of hydrazine groups is 1. The Hall–Kier alpha value is -1.91. The number of rotatable bonds is 4. The second-order valence-corrected chi connectivity index (χ2v) is 4.85. The quantitative estimate of drug-likeness (QED) is 0.665. The summed E-state index contributed by atoms with van der Waals surface area (Å²) in [6.45, 7) is 3.86. The number of halogens is 1. The van der Waals surface area contributed by atoms with Gasteiger partial charge in [-0.15, -0.1) is 0 Å². The van der Waals surface area contributed by atoms with Gasteiger partial charge < -0.3 is 4.74 Å². The maximum Gasteiger partial charge on any atom is 0.124 e. The first-order chi connectivity index (χ1) is 9.56. The highest BCUT2D eigenvalue weighted by atomic mass is 19.1. The lowest BCUT2D eigenvalue weighted by Crippen LogP contribution is -2.29. The van der Waals surface area contributed by atoms with E-state index in [0.717, 1.165) is 28.0 Å². The van der Waals surface area contributed by atoms with Gasteiger partial charge in [0.05, 0.1) is 13.2 Å². The zero-order valence-electron chi connectivity index (χ0n) is 11.9. The molecule has 0 saturated heterocycles. The molecule has 2 rings (SSSR count). The van der Waals surface area contributed by atoms with E-state index in [-0.39, 0.29) is 11.9 Å². The minimum absolute atomic E-state index is 0.244. The van der Waals surface area contributed by atoms with E-state index in [0.29, 0.717) is 0 Å². The van der Waals surface area contributed by atoms with Crippen LogP contribution in [0.5, 0.6) is 5.75 Å². The van der Waals surface area contributed by atoms with Gasteiger partial charge >= 0.3 is 0 Å². The zero-order chi connectivity index (χ0) is 14.7. The number of nitrogens with one attached hydrogen (secondary N) is 1. The maximum atomic E-state index is 13.2. The van der Waals surface area contributed by atoms with Gasteiger partial charge in [-0.3, -0.25) is 5.84 Å². The molecule has 0 aliphatic heterocycles. The molecule has 0 spiro atoms. The van der Waals surface area contributed by atoms with Crippen molar-refractivity contribution in [2.45, 2.75) is 19.9 Å². The lowest BCUT2D eigenvalue weighted by molar-refractivity contribution is 0.404. The van der Waals surface area contributed by atoms with E-state index >= 15 is 0 Å². The van der Waals surface area contributed by atoms with Crippen LogP contribution in [-0.4, -0.2) is 7.11 Å². The molecule has 106 valence electrons. The van der Waals surface area contributed by atoms with E-state index in [9.17, 15) is 4.39 Å². The van der Waals surface area contributed by atoms with Crippen molar-refractivity contribution in [1.29, 1.82) is 0 Å². The number of aryl methyl sites for hydroxylation is 2. The molecule has 2 aromatic carbocycles. The van der Waals surface area contributed by atoms with Gasteiger partial charge in [0.15, 0.2) is 0 Å². The molecule has 2 aromatic rings. The summed E-state index contributed by atoms with van der Waals surface area (Å²) in [5.41, 5.74) is 6.59. The van der Waals surface area contributed by atoms with Crippen molar-refractivity contribution < 1.29 is 9.13 Å². The molecule has 20 heavy (non-hydrogen) atoms. The molecule has 0 saturated carbocycles. The van der Waals surface area contributed by atoms with Gasteiger partial charge in [0.1, 0.15) is 11.6 Å². The van der Waals surface area contributed by atoms with Crippen LogP contribution in [0.1, 0.15) is 28.3 Å². The number of nitrogens with two attached hydrogens (primary N) is 1. The van der Waals surface area contributed by atoms with E-state index in [1.807, 2.05) is 32.0 Å². The summed E-state index contributed by atoms with van der Waals surface area (Å²) in [6.07, 6.45) is 0. The lowest BCUT2D eigenvalue weighted by atomic mass is 9.94. The molecular formula is C16H19FN2O. The molecule has 0 bridgehead atoms. The summed E-state index contributed by atoms with van der Waals surface area (Å²) >= 11 is 0. The third-order valence-electron chi connectivity index (χ3n) is 3.41. The van der Waals surface area contributed by atoms with Crippen molar-refractivity contribution in [1.82, 2.24) is 5.43 Å². The average Bonchev–Trinajstić information content (AvgIpc) is 2.43. The van der Waals surface area contributed by atoms with Crippen LogP contribution in [0.3, 0.4) is 0 Å². The lowest BCUT2D eigenvalue weighted by Gasteiger charge is -2.21. The summed E-state index contributed by atoms with van der Waals surface area (Å²) in [7, 11) is 1.63. The Morgan fingerprint density at radius 3 is 2.40 bits per heavy atom. The fraction of sp³-hybridized carbons (Fsp3) is 0.250. The Kier molecular flexibility index (Phi) is 4.37. The molecule has 0 aliphatic carbocycles. The molecule has 0 heterocycles. The second-order valence-electron chi connectivity index (χ2n) is 4.85. The first-order valence-corrected chi connectivity index (χ1v) is 6.43. The van der Waals surface area contributed by atoms with E-state index in [1.54, 1.807) is 13.2 Å². The minimum atomic E-state index is -0.252. The molecule has 1 atom stereocenters. The number of ether oxygens (including phenoxy) is 1. The Labute approximate surface area is 118 Å². The molecule has 0 aromatic heterocycles. The highest BCUT2D eigenvalue weighted by molar-refractivity contribution is 5.45. The van der Waals surface area contributed by atoms with Gasteiger partial charge in [-0.1, -0.05) is 18.2 Å². The Bertz CT molecular complexity index is 613.